The van der Waals surface area contributed by atoms with Crippen molar-refractivity contribution in [3.8, 4) is 5.75 Å². The standard InChI is InChI=1S/C11H14N2O5/c14-6-5-9(11(17)13-18)12-10(16)7-1-3-8(15)4-2-7/h1-4,9,14-15,18H,5-6H2,(H,12,16)(H,13,17). The van der Waals surface area contributed by atoms with Gasteiger partial charge in [-0.15, -0.1) is 0 Å². The lowest BCUT2D eigenvalue weighted by molar-refractivity contribution is -0.131. The second-order valence-corrected chi connectivity index (χ2v) is 3.56. The highest BCUT2D eigenvalue weighted by Crippen LogP contribution is 2.09. The molecular weight excluding hydrogens is 240 g/mol. The van der Waals surface area contributed by atoms with Crippen LogP contribution in [0.25, 0.3) is 0 Å². The molecule has 0 aromatic heterocycles. The van der Waals surface area contributed by atoms with Gasteiger partial charge in [0.25, 0.3) is 11.8 Å². The largest absolute Gasteiger partial charge is 0.508 e. The van der Waals surface area contributed by atoms with Gasteiger partial charge < -0.3 is 15.5 Å². The van der Waals surface area contributed by atoms with E-state index in [1.54, 1.807) is 0 Å². The second kappa shape index (κ2) is 6.58. The Morgan fingerprint density at radius 1 is 1.22 bits per heavy atom. The van der Waals surface area contributed by atoms with E-state index in [0.717, 1.165) is 0 Å². The number of hydroxylamine groups is 1. The highest BCUT2D eigenvalue weighted by Gasteiger charge is 2.20. The number of carbonyl (C=O) groups excluding carboxylic acids is 2. The fourth-order valence-electron chi connectivity index (χ4n) is 1.33. The maximum atomic E-state index is 11.7. The zero-order valence-electron chi connectivity index (χ0n) is 9.46. The van der Waals surface area contributed by atoms with Crippen LogP contribution in [0.2, 0.25) is 0 Å². The number of phenols is 1. The zero-order chi connectivity index (χ0) is 13.5. The number of nitrogens with one attached hydrogen (secondary N) is 2. The van der Waals surface area contributed by atoms with Gasteiger partial charge >= 0.3 is 0 Å². The van der Waals surface area contributed by atoms with Crippen molar-refractivity contribution in [3.63, 3.8) is 0 Å². The smallest absolute Gasteiger partial charge is 0.265 e. The maximum Gasteiger partial charge on any atom is 0.265 e. The Kier molecular flexibility index (Phi) is 5.09. The van der Waals surface area contributed by atoms with Gasteiger partial charge in [-0.2, -0.15) is 0 Å². The molecule has 0 aliphatic carbocycles. The molecule has 1 atom stereocenters. The van der Waals surface area contributed by atoms with E-state index < -0.39 is 17.9 Å². The number of hydrogen-bond acceptors (Lipinski definition) is 5. The third-order valence-electron chi connectivity index (χ3n) is 2.28. The fraction of sp³-hybridized carbons (Fsp3) is 0.273. The third-order valence-corrected chi connectivity index (χ3v) is 2.28. The Morgan fingerprint density at radius 3 is 2.33 bits per heavy atom. The molecule has 0 bridgehead atoms. The predicted molar refractivity (Wildman–Crippen MR) is 61.0 cm³/mol. The Hall–Kier alpha value is -2.12. The average Bonchev–Trinajstić information content (AvgIpc) is 2.38. The van der Waals surface area contributed by atoms with Crippen LogP contribution < -0.4 is 10.8 Å². The molecule has 1 rings (SSSR count). The summed E-state index contributed by atoms with van der Waals surface area (Å²) in [5.74, 6) is -1.33. The molecule has 98 valence electrons. The van der Waals surface area contributed by atoms with Gasteiger partial charge in [-0.1, -0.05) is 0 Å². The summed E-state index contributed by atoms with van der Waals surface area (Å²) in [5.41, 5.74) is 1.66. The molecular formula is C11H14N2O5. The van der Waals surface area contributed by atoms with E-state index in [0.29, 0.717) is 0 Å². The van der Waals surface area contributed by atoms with E-state index in [4.69, 9.17) is 15.4 Å². The summed E-state index contributed by atoms with van der Waals surface area (Å²) in [5, 5.41) is 28.7. The summed E-state index contributed by atoms with van der Waals surface area (Å²) >= 11 is 0. The fourth-order valence-corrected chi connectivity index (χ4v) is 1.33. The van der Waals surface area contributed by atoms with Gasteiger partial charge in [-0.25, -0.2) is 5.48 Å². The van der Waals surface area contributed by atoms with E-state index in [1.165, 1.54) is 29.7 Å². The van der Waals surface area contributed by atoms with Crippen molar-refractivity contribution < 1.29 is 25.0 Å². The zero-order valence-corrected chi connectivity index (χ0v) is 9.46. The summed E-state index contributed by atoms with van der Waals surface area (Å²) < 4.78 is 0. The van der Waals surface area contributed by atoms with Crippen molar-refractivity contribution in [2.75, 3.05) is 6.61 Å². The SMILES string of the molecule is O=C(NC(CCO)C(=O)NO)c1ccc(O)cc1. The minimum absolute atomic E-state index is 0.0176. The molecule has 0 fully saturated rings. The van der Waals surface area contributed by atoms with E-state index >= 15 is 0 Å². The first kappa shape index (κ1) is 13.9. The van der Waals surface area contributed by atoms with Gasteiger partial charge in [0.05, 0.1) is 0 Å². The van der Waals surface area contributed by atoms with Crippen LogP contribution in [0.15, 0.2) is 24.3 Å². The maximum absolute atomic E-state index is 11.7. The van der Waals surface area contributed by atoms with Crippen LogP contribution in [0.4, 0.5) is 0 Å². The first-order valence-corrected chi connectivity index (χ1v) is 5.23. The van der Waals surface area contributed by atoms with Crippen molar-refractivity contribution >= 4 is 11.8 Å². The van der Waals surface area contributed by atoms with Crippen LogP contribution in [0.5, 0.6) is 5.75 Å². The average molecular weight is 254 g/mol. The topological polar surface area (TPSA) is 119 Å². The molecule has 0 radical (unpaired) electrons. The Bertz CT molecular complexity index is 418. The van der Waals surface area contributed by atoms with Crippen LogP contribution in [0, 0.1) is 0 Å². The van der Waals surface area contributed by atoms with Gasteiger partial charge in [-0.05, 0) is 30.7 Å². The molecule has 0 heterocycles. The molecule has 0 spiro atoms. The Morgan fingerprint density at radius 2 is 1.83 bits per heavy atom. The van der Waals surface area contributed by atoms with Gasteiger partial charge in [-0.3, -0.25) is 14.8 Å². The molecule has 1 aromatic rings. The number of aliphatic hydroxyl groups excluding tert-OH is 1. The number of hydrogen-bond donors (Lipinski definition) is 5. The predicted octanol–water partition coefficient (Wildman–Crippen LogP) is -0.622. The first-order chi connectivity index (χ1) is 8.58. The van der Waals surface area contributed by atoms with Crippen LogP contribution in [0.3, 0.4) is 0 Å². The molecule has 0 saturated heterocycles. The number of aromatic hydroxyl groups is 1. The van der Waals surface area contributed by atoms with Gasteiger partial charge in [0.15, 0.2) is 0 Å². The van der Waals surface area contributed by atoms with Crippen LogP contribution in [-0.2, 0) is 4.79 Å². The number of amides is 2. The number of aliphatic hydroxyl groups is 1. The summed E-state index contributed by atoms with van der Waals surface area (Å²) in [6.07, 6.45) is -0.0176. The van der Waals surface area contributed by atoms with E-state index in [9.17, 15) is 9.59 Å². The van der Waals surface area contributed by atoms with Crippen molar-refractivity contribution in [3.05, 3.63) is 29.8 Å². The quantitative estimate of drug-likeness (QED) is 0.354. The minimum atomic E-state index is -1.03. The molecule has 0 aliphatic rings. The van der Waals surface area contributed by atoms with Crippen LogP contribution in [0.1, 0.15) is 16.8 Å². The third kappa shape index (κ3) is 3.72. The van der Waals surface area contributed by atoms with Gasteiger partial charge in [0, 0.05) is 12.2 Å². The van der Waals surface area contributed by atoms with E-state index in [-0.39, 0.29) is 24.3 Å². The highest BCUT2D eigenvalue weighted by atomic mass is 16.5. The molecule has 1 aromatic carbocycles. The van der Waals surface area contributed by atoms with Gasteiger partial charge in [0.2, 0.25) is 0 Å². The van der Waals surface area contributed by atoms with Crippen molar-refractivity contribution in [2.24, 2.45) is 0 Å². The molecule has 0 aliphatic heterocycles. The Balaban J connectivity index is 2.71. The van der Waals surface area contributed by atoms with E-state index in [1.807, 2.05) is 0 Å². The van der Waals surface area contributed by atoms with Crippen molar-refractivity contribution in [1.29, 1.82) is 0 Å². The lowest BCUT2D eigenvalue weighted by Crippen LogP contribution is -2.46. The number of benzene rings is 1. The molecule has 7 nitrogen and oxygen atoms in total. The minimum Gasteiger partial charge on any atom is -0.508 e. The molecule has 2 amide bonds. The second-order valence-electron chi connectivity index (χ2n) is 3.56. The van der Waals surface area contributed by atoms with Crippen molar-refractivity contribution in [2.45, 2.75) is 12.5 Å². The van der Waals surface area contributed by atoms with E-state index in [2.05, 4.69) is 5.32 Å². The summed E-state index contributed by atoms with van der Waals surface area (Å²) in [6, 6.07) is 4.42. The normalized spacial score (nSPS) is 11.7. The van der Waals surface area contributed by atoms with Crippen molar-refractivity contribution in [1.82, 2.24) is 10.8 Å². The molecule has 18 heavy (non-hydrogen) atoms. The lowest BCUT2D eigenvalue weighted by Gasteiger charge is -2.15. The molecule has 5 N–H and O–H groups in total. The highest BCUT2D eigenvalue weighted by molar-refractivity contribution is 5.97. The lowest BCUT2D eigenvalue weighted by atomic mass is 10.1. The van der Waals surface area contributed by atoms with Gasteiger partial charge in [0.1, 0.15) is 11.8 Å². The number of carbonyl (C=O) groups is 2. The molecule has 7 heteroatoms. The van der Waals surface area contributed by atoms with Crippen LogP contribution >= 0.6 is 0 Å². The summed E-state index contributed by atoms with van der Waals surface area (Å²) in [6.45, 7) is -0.312. The van der Waals surface area contributed by atoms with Crippen LogP contribution in [-0.4, -0.2) is 39.9 Å². The Labute approximate surface area is 103 Å². The molecule has 0 saturated carbocycles. The summed E-state index contributed by atoms with van der Waals surface area (Å²) in [7, 11) is 0. The monoisotopic (exact) mass is 254 g/mol. The number of phenolic OH excluding ortho intramolecular Hbond substituents is 1. The summed E-state index contributed by atoms with van der Waals surface area (Å²) in [4.78, 5) is 22.9. The number of rotatable bonds is 5. The molecule has 1 unspecified atom stereocenters. The first-order valence-electron chi connectivity index (χ1n) is 5.23.